The minimum atomic E-state index is 0.342. The molecule has 2 aliphatic rings. The van der Waals surface area contributed by atoms with Crippen molar-refractivity contribution < 1.29 is 4.79 Å². The van der Waals surface area contributed by atoms with E-state index < -0.39 is 0 Å². The molecule has 5 heteroatoms. The number of amides is 1. The highest BCUT2D eigenvalue weighted by atomic mass is 16.2. The predicted octanol–water partition coefficient (Wildman–Crippen LogP) is 2.16. The molecule has 1 aromatic rings. The maximum Gasteiger partial charge on any atom is 0.222 e. The summed E-state index contributed by atoms with van der Waals surface area (Å²) in [7, 11) is 2.19. The highest BCUT2D eigenvalue weighted by molar-refractivity contribution is 5.76. The summed E-state index contributed by atoms with van der Waals surface area (Å²) in [6.45, 7) is 7.98. The van der Waals surface area contributed by atoms with Crippen molar-refractivity contribution >= 4 is 11.6 Å². The summed E-state index contributed by atoms with van der Waals surface area (Å²) in [5.74, 6) is 1.04. The van der Waals surface area contributed by atoms with E-state index in [1.807, 2.05) is 12.4 Å². The van der Waals surface area contributed by atoms with Crippen LogP contribution in [0, 0.1) is 12.8 Å². The third kappa shape index (κ3) is 4.26. The summed E-state index contributed by atoms with van der Waals surface area (Å²) in [6, 6.07) is 2.08. The molecule has 2 saturated heterocycles. The number of rotatable bonds is 4. The van der Waals surface area contributed by atoms with Crippen LogP contribution in [0.5, 0.6) is 0 Å². The summed E-state index contributed by atoms with van der Waals surface area (Å²) < 4.78 is 0. The molecule has 2 fully saturated rings. The lowest BCUT2D eigenvalue weighted by Crippen LogP contribution is -2.49. The second-order valence-electron chi connectivity index (χ2n) is 7.34. The molecule has 132 valence electrons. The van der Waals surface area contributed by atoms with Gasteiger partial charge in [0.2, 0.25) is 5.91 Å². The number of hydrogen-bond donors (Lipinski definition) is 0. The molecule has 3 rings (SSSR count). The topological polar surface area (TPSA) is 39.7 Å². The molecule has 5 nitrogen and oxygen atoms in total. The maximum absolute atomic E-state index is 12.5. The van der Waals surface area contributed by atoms with E-state index in [0.717, 1.165) is 39.1 Å². The number of carbonyl (C=O) groups is 1. The van der Waals surface area contributed by atoms with Gasteiger partial charge >= 0.3 is 0 Å². The lowest BCUT2D eigenvalue weighted by Gasteiger charge is -2.37. The first-order valence-electron chi connectivity index (χ1n) is 9.25. The molecule has 0 bridgehead atoms. The number of carbonyl (C=O) groups excluding carboxylic acids is 1. The number of hydrogen-bond acceptors (Lipinski definition) is 4. The number of piperazine rings is 1. The lowest BCUT2D eigenvalue weighted by molar-refractivity contribution is -0.131. The third-order valence-electron chi connectivity index (χ3n) is 5.45. The first-order chi connectivity index (χ1) is 11.6. The Bertz CT molecular complexity index is 554. The molecule has 0 unspecified atom stereocenters. The van der Waals surface area contributed by atoms with E-state index >= 15 is 0 Å². The minimum Gasteiger partial charge on any atom is -0.368 e. The van der Waals surface area contributed by atoms with Crippen molar-refractivity contribution in [1.29, 1.82) is 0 Å². The fourth-order valence-corrected chi connectivity index (χ4v) is 4.01. The van der Waals surface area contributed by atoms with Gasteiger partial charge in [-0.1, -0.05) is 0 Å². The zero-order chi connectivity index (χ0) is 16.9. The van der Waals surface area contributed by atoms with Gasteiger partial charge in [-0.15, -0.1) is 0 Å². The summed E-state index contributed by atoms with van der Waals surface area (Å²) in [5, 5.41) is 0. The number of pyridine rings is 1. The number of likely N-dealkylation sites (tertiary alicyclic amines) is 1. The number of nitrogens with zero attached hydrogens (tertiary/aromatic N) is 4. The zero-order valence-electron chi connectivity index (χ0n) is 15.1. The fraction of sp³-hybridized carbons (Fsp3) is 0.684. The van der Waals surface area contributed by atoms with Gasteiger partial charge in [0.1, 0.15) is 0 Å². The van der Waals surface area contributed by atoms with E-state index in [9.17, 15) is 4.79 Å². The quantitative estimate of drug-likeness (QED) is 0.848. The summed E-state index contributed by atoms with van der Waals surface area (Å²) in [5.41, 5.74) is 2.46. The van der Waals surface area contributed by atoms with Gasteiger partial charge in [-0.05, 0) is 57.3 Å². The van der Waals surface area contributed by atoms with Gasteiger partial charge in [-0.2, -0.15) is 0 Å². The van der Waals surface area contributed by atoms with Gasteiger partial charge in [-0.25, -0.2) is 0 Å². The number of aromatic nitrogens is 1. The highest BCUT2D eigenvalue weighted by Gasteiger charge is 2.23. The Labute approximate surface area is 145 Å². The van der Waals surface area contributed by atoms with E-state index in [1.54, 1.807) is 0 Å². The van der Waals surface area contributed by atoms with Crippen molar-refractivity contribution in [3.8, 4) is 0 Å². The summed E-state index contributed by atoms with van der Waals surface area (Å²) in [4.78, 5) is 23.5. The molecule has 0 spiro atoms. The smallest absolute Gasteiger partial charge is 0.222 e. The molecule has 1 atom stereocenters. The zero-order valence-corrected chi connectivity index (χ0v) is 15.1. The van der Waals surface area contributed by atoms with Crippen molar-refractivity contribution in [2.75, 3.05) is 51.2 Å². The van der Waals surface area contributed by atoms with Crippen LogP contribution in [0.4, 0.5) is 5.69 Å². The predicted molar refractivity (Wildman–Crippen MR) is 97.2 cm³/mol. The highest BCUT2D eigenvalue weighted by Crippen LogP contribution is 2.22. The molecule has 0 saturated carbocycles. The molecule has 1 aromatic heterocycles. The Kier molecular flexibility index (Phi) is 5.72. The summed E-state index contributed by atoms with van der Waals surface area (Å²) in [6.07, 6.45) is 8.08. The van der Waals surface area contributed by atoms with E-state index in [0.29, 0.717) is 18.2 Å². The Balaban J connectivity index is 1.44. The van der Waals surface area contributed by atoms with Crippen LogP contribution in [0.3, 0.4) is 0 Å². The number of anilines is 1. The molecule has 1 amide bonds. The van der Waals surface area contributed by atoms with Crippen LogP contribution in [0.1, 0.15) is 31.2 Å². The Hall–Kier alpha value is -1.62. The minimum absolute atomic E-state index is 0.342. The molecule has 24 heavy (non-hydrogen) atoms. The normalized spacial score (nSPS) is 22.7. The van der Waals surface area contributed by atoms with E-state index in [4.69, 9.17) is 0 Å². The van der Waals surface area contributed by atoms with Crippen LogP contribution in [0.25, 0.3) is 0 Å². The average Bonchev–Trinajstić information content (AvgIpc) is 2.60. The number of aryl methyl sites for hydroxylation is 1. The van der Waals surface area contributed by atoms with Crippen LogP contribution < -0.4 is 4.90 Å². The van der Waals surface area contributed by atoms with E-state index in [1.165, 1.54) is 30.6 Å². The van der Waals surface area contributed by atoms with Crippen molar-refractivity contribution in [1.82, 2.24) is 14.8 Å². The maximum atomic E-state index is 12.5. The number of piperidine rings is 1. The standard InChI is InChI=1S/C19H30N4O/c1-16-14-20-8-7-18(16)22-10-12-23(13-11-22)19(24)6-5-17-4-3-9-21(2)15-17/h7-8,14,17H,3-6,9-13,15H2,1-2H3/t17-/m0/s1. The first kappa shape index (κ1) is 17.2. The molecule has 2 aliphatic heterocycles. The molecule has 0 radical (unpaired) electrons. The van der Waals surface area contributed by atoms with E-state index in [2.05, 4.69) is 39.7 Å². The van der Waals surface area contributed by atoms with Crippen LogP contribution in [0.2, 0.25) is 0 Å². The molecule has 0 aliphatic carbocycles. The summed E-state index contributed by atoms with van der Waals surface area (Å²) >= 11 is 0. The Morgan fingerprint density at radius 3 is 2.75 bits per heavy atom. The molecular formula is C19H30N4O. The van der Waals surface area contributed by atoms with Gasteiger partial charge in [0.15, 0.2) is 0 Å². The van der Waals surface area contributed by atoms with Gasteiger partial charge in [-0.3, -0.25) is 9.78 Å². The molecule has 3 heterocycles. The first-order valence-corrected chi connectivity index (χ1v) is 9.25. The van der Waals surface area contributed by atoms with Gasteiger partial charge in [0.05, 0.1) is 0 Å². The lowest BCUT2D eigenvalue weighted by atomic mass is 9.93. The van der Waals surface area contributed by atoms with Crippen LogP contribution >= 0.6 is 0 Å². The molecular weight excluding hydrogens is 300 g/mol. The molecule has 0 N–H and O–H groups in total. The Morgan fingerprint density at radius 1 is 1.25 bits per heavy atom. The largest absolute Gasteiger partial charge is 0.368 e. The Morgan fingerprint density at radius 2 is 2.04 bits per heavy atom. The molecule has 0 aromatic carbocycles. The van der Waals surface area contributed by atoms with Gasteiger partial charge in [0.25, 0.3) is 0 Å². The second kappa shape index (κ2) is 7.97. The third-order valence-corrected chi connectivity index (χ3v) is 5.45. The average molecular weight is 330 g/mol. The van der Waals surface area contributed by atoms with Crippen molar-refractivity contribution in [3.05, 3.63) is 24.0 Å². The second-order valence-corrected chi connectivity index (χ2v) is 7.34. The monoisotopic (exact) mass is 330 g/mol. The van der Waals surface area contributed by atoms with Crippen LogP contribution in [-0.2, 0) is 4.79 Å². The van der Waals surface area contributed by atoms with Gasteiger partial charge < -0.3 is 14.7 Å². The van der Waals surface area contributed by atoms with Crippen molar-refractivity contribution in [2.24, 2.45) is 5.92 Å². The van der Waals surface area contributed by atoms with Crippen LogP contribution in [-0.4, -0.2) is 67.0 Å². The van der Waals surface area contributed by atoms with Crippen LogP contribution in [0.15, 0.2) is 18.5 Å². The van der Waals surface area contributed by atoms with Crippen molar-refractivity contribution in [2.45, 2.75) is 32.6 Å². The van der Waals surface area contributed by atoms with E-state index in [-0.39, 0.29) is 0 Å². The van der Waals surface area contributed by atoms with Gasteiger partial charge in [0, 0.05) is 57.2 Å². The fourth-order valence-electron chi connectivity index (χ4n) is 4.01. The van der Waals surface area contributed by atoms with Crippen molar-refractivity contribution in [3.63, 3.8) is 0 Å². The SMILES string of the molecule is Cc1cnccc1N1CCN(C(=O)CC[C@@H]2CCCN(C)C2)CC1.